The number of unbranched alkanes of at least 4 members (excludes halogenated alkanes) is 1. The summed E-state index contributed by atoms with van der Waals surface area (Å²) in [6, 6.07) is 9.83. The summed E-state index contributed by atoms with van der Waals surface area (Å²) in [5.74, 6) is 0.756. The average molecular weight is 275 g/mol. The Kier molecular flexibility index (Phi) is 8.60. The molecule has 2 atom stereocenters. The standard InChI is InChI=1S/C19H33N/c1-5-9-11-17(7-3)19(20-8-4)18-14-12-16(10-6-2)13-15-18/h12-15,17,19-20H,5-11H2,1-4H3. The fraction of sp³-hybridized carbons (Fsp3) is 0.684. The third-order valence-corrected chi connectivity index (χ3v) is 4.23. The maximum absolute atomic E-state index is 3.71. The minimum Gasteiger partial charge on any atom is -0.310 e. The second kappa shape index (κ2) is 9.99. The van der Waals surface area contributed by atoms with E-state index in [1.54, 1.807) is 0 Å². The van der Waals surface area contributed by atoms with E-state index in [0.717, 1.165) is 12.5 Å². The molecule has 0 aromatic heterocycles. The van der Waals surface area contributed by atoms with Crippen molar-refractivity contribution in [2.45, 2.75) is 72.3 Å². The summed E-state index contributed by atoms with van der Waals surface area (Å²) in [5.41, 5.74) is 2.93. The Bertz CT molecular complexity index is 341. The van der Waals surface area contributed by atoms with Crippen LogP contribution in [-0.2, 0) is 6.42 Å². The van der Waals surface area contributed by atoms with Crippen LogP contribution in [-0.4, -0.2) is 6.54 Å². The molecular formula is C19H33N. The Morgan fingerprint density at radius 1 is 0.950 bits per heavy atom. The Balaban J connectivity index is 2.81. The van der Waals surface area contributed by atoms with Gasteiger partial charge in [0.25, 0.3) is 0 Å². The molecule has 20 heavy (non-hydrogen) atoms. The predicted molar refractivity (Wildman–Crippen MR) is 90.2 cm³/mol. The first-order chi connectivity index (χ1) is 9.76. The van der Waals surface area contributed by atoms with Gasteiger partial charge in [0.2, 0.25) is 0 Å². The molecule has 0 saturated carbocycles. The van der Waals surface area contributed by atoms with Crippen LogP contribution in [0, 0.1) is 5.92 Å². The van der Waals surface area contributed by atoms with Gasteiger partial charge in [-0.25, -0.2) is 0 Å². The zero-order valence-electron chi connectivity index (χ0n) is 13.9. The van der Waals surface area contributed by atoms with Crippen molar-refractivity contribution in [3.8, 4) is 0 Å². The van der Waals surface area contributed by atoms with Crippen molar-refractivity contribution in [1.82, 2.24) is 5.32 Å². The minimum atomic E-state index is 0.521. The van der Waals surface area contributed by atoms with Gasteiger partial charge in [0, 0.05) is 6.04 Å². The SMILES string of the molecule is CCCCC(CC)C(NCC)c1ccc(CCC)cc1. The normalized spacial score (nSPS) is 14.2. The van der Waals surface area contributed by atoms with Gasteiger partial charge in [-0.2, -0.15) is 0 Å². The van der Waals surface area contributed by atoms with Gasteiger partial charge in [-0.3, -0.25) is 0 Å². The highest BCUT2D eigenvalue weighted by Gasteiger charge is 2.20. The van der Waals surface area contributed by atoms with E-state index in [1.165, 1.54) is 49.7 Å². The monoisotopic (exact) mass is 275 g/mol. The molecule has 1 N–H and O–H groups in total. The predicted octanol–water partition coefficient (Wildman–Crippen LogP) is 5.51. The van der Waals surface area contributed by atoms with Crippen LogP contribution in [0.15, 0.2) is 24.3 Å². The van der Waals surface area contributed by atoms with Crippen LogP contribution in [0.3, 0.4) is 0 Å². The fourth-order valence-corrected chi connectivity index (χ4v) is 3.03. The number of aryl methyl sites for hydroxylation is 1. The molecule has 114 valence electrons. The topological polar surface area (TPSA) is 12.0 Å². The second-order valence-electron chi connectivity index (χ2n) is 5.84. The van der Waals surface area contributed by atoms with E-state index < -0.39 is 0 Å². The Hall–Kier alpha value is -0.820. The molecule has 0 heterocycles. The molecule has 0 amide bonds. The number of hydrogen-bond donors (Lipinski definition) is 1. The lowest BCUT2D eigenvalue weighted by Gasteiger charge is -2.28. The molecule has 0 radical (unpaired) electrons. The molecule has 2 unspecified atom stereocenters. The molecule has 1 aromatic carbocycles. The summed E-state index contributed by atoms with van der Waals surface area (Å²) in [6.45, 7) is 10.1. The van der Waals surface area contributed by atoms with Gasteiger partial charge in [0.05, 0.1) is 0 Å². The first-order valence-electron chi connectivity index (χ1n) is 8.58. The number of hydrogen-bond acceptors (Lipinski definition) is 1. The zero-order chi connectivity index (χ0) is 14.8. The summed E-state index contributed by atoms with van der Waals surface area (Å²) < 4.78 is 0. The third kappa shape index (κ3) is 5.28. The summed E-state index contributed by atoms with van der Waals surface area (Å²) in [4.78, 5) is 0. The van der Waals surface area contributed by atoms with E-state index in [9.17, 15) is 0 Å². The number of nitrogens with one attached hydrogen (secondary N) is 1. The highest BCUT2D eigenvalue weighted by atomic mass is 14.9. The molecule has 1 aromatic rings. The van der Waals surface area contributed by atoms with Crippen molar-refractivity contribution in [3.05, 3.63) is 35.4 Å². The molecule has 1 rings (SSSR count). The first-order valence-corrected chi connectivity index (χ1v) is 8.58. The highest BCUT2D eigenvalue weighted by molar-refractivity contribution is 5.25. The molecule has 1 nitrogen and oxygen atoms in total. The van der Waals surface area contributed by atoms with Crippen LogP contribution in [0.1, 0.15) is 77.0 Å². The van der Waals surface area contributed by atoms with Gasteiger partial charge >= 0.3 is 0 Å². The zero-order valence-corrected chi connectivity index (χ0v) is 13.9. The molecular weight excluding hydrogens is 242 g/mol. The fourth-order valence-electron chi connectivity index (χ4n) is 3.03. The van der Waals surface area contributed by atoms with Crippen molar-refractivity contribution in [1.29, 1.82) is 0 Å². The first kappa shape index (κ1) is 17.2. The molecule has 1 heteroatoms. The maximum atomic E-state index is 3.71. The second-order valence-corrected chi connectivity index (χ2v) is 5.84. The van der Waals surface area contributed by atoms with Crippen LogP contribution in [0.2, 0.25) is 0 Å². The van der Waals surface area contributed by atoms with E-state index >= 15 is 0 Å². The van der Waals surface area contributed by atoms with Crippen molar-refractivity contribution in [2.24, 2.45) is 5.92 Å². The van der Waals surface area contributed by atoms with Crippen molar-refractivity contribution in [2.75, 3.05) is 6.54 Å². The van der Waals surface area contributed by atoms with Crippen LogP contribution < -0.4 is 5.32 Å². The van der Waals surface area contributed by atoms with E-state index in [4.69, 9.17) is 0 Å². The smallest absolute Gasteiger partial charge is 0.0348 e. The summed E-state index contributed by atoms with van der Waals surface area (Å²) >= 11 is 0. The van der Waals surface area contributed by atoms with Gasteiger partial charge in [-0.15, -0.1) is 0 Å². The molecule has 0 saturated heterocycles. The van der Waals surface area contributed by atoms with E-state index in [1.807, 2.05) is 0 Å². The minimum absolute atomic E-state index is 0.521. The third-order valence-electron chi connectivity index (χ3n) is 4.23. The van der Waals surface area contributed by atoms with E-state index in [-0.39, 0.29) is 0 Å². The van der Waals surface area contributed by atoms with Gasteiger partial charge < -0.3 is 5.32 Å². The summed E-state index contributed by atoms with van der Waals surface area (Å²) in [7, 11) is 0. The molecule has 0 spiro atoms. The van der Waals surface area contributed by atoms with Gasteiger partial charge in [0.15, 0.2) is 0 Å². The molecule has 0 aliphatic heterocycles. The largest absolute Gasteiger partial charge is 0.310 e. The lowest BCUT2D eigenvalue weighted by Crippen LogP contribution is -2.28. The van der Waals surface area contributed by atoms with E-state index in [0.29, 0.717) is 6.04 Å². The number of benzene rings is 1. The van der Waals surface area contributed by atoms with E-state index in [2.05, 4.69) is 57.3 Å². The molecule has 0 bridgehead atoms. The highest BCUT2D eigenvalue weighted by Crippen LogP contribution is 2.29. The summed E-state index contributed by atoms with van der Waals surface area (Å²) in [6.07, 6.45) is 7.65. The average Bonchev–Trinajstić information content (AvgIpc) is 2.48. The van der Waals surface area contributed by atoms with Crippen LogP contribution in [0.25, 0.3) is 0 Å². The Morgan fingerprint density at radius 2 is 1.65 bits per heavy atom. The quantitative estimate of drug-likeness (QED) is 0.594. The van der Waals surface area contributed by atoms with Crippen LogP contribution in [0.4, 0.5) is 0 Å². The Morgan fingerprint density at radius 3 is 2.15 bits per heavy atom. The lowest BCUT2D eigenvalue weighted by atomic mass is 9.86. The van der Waals surface area contributed by atoms with Crippen molar-refractivity contribution < 1.29 is 0 Å². The molecule has 0 aliphatic carbocycles. The Labute approximate surface area is 126 Å². The summed E-state index contributed by atoms with van der Waals surface area (Å²) in [5, 5.41) is 3.71. The lowest BCUT2D eigenvalue weighted by molar-refractivity contribution is 0.328. The number of rotatable bonds is 10. The van der Waals surface area contributed by atoms with Crippen LogP contribution >= 0.6 is 0 Å². The van der Waals surface area contributed by atoms with Crippen molar-refractivity contribution in [3.63, 3.8) is 0 Å². The molecule has 0 fully saturated rings. The molecule has 0 aliphatic rings. The van der Waals surface area contributed by atoms with Crippen molar-refractivity contribution >= 4 is 0 Å². The van der Waals surface area contributed by atoms with Gasteiger partial charge in [-0.05, 0) is 36.4 Å². The van der Waals surface area contributed by atoms with Crippen LogP contribution in [0.5, 0.6) is 0 Å². The van der Waals surface area contributed by atoms with Gasteiger partial charge in [0.1, 0.15) is 0 Å². The maximum Gasteiger partial charge on any atom is 0.0348 e. The van der Waals surface area contributed by atoms with Gasteiger partial charge in [-0.1, -0.05) is 77.6 Å².